The summed E-state index contributed by atoms with van der Waals surface area (Å²) in [6, 6.07) is 32.0. The van der Waals surface area contributed by atoms with Crippen LogP contribution in [0.15, 0.2) is 103 Å². The summed E-state index contributed by atoms with van der Waals surface area (Å²) in [5.74, 6) is -0.105. The predicted octanol–water partition coefficient (Wildman–Crippen LogP) is 6.27. The molecule has 0 N–H and O–H groups in total. The average Bonchev–Trinajstić information content (AvgIpc) is 2.87. The zero-order valence-electron chi connectivity index (χ0n) is 18.7. The molecule has 0 spiro atoms. The van der Waals surface area contributed by atoms with Gasteiger partial charge >= 0.3 is 0 Å². The fourth-order valence-electron chi connectivity index (χ4n) is 4.43. The van der Waals surface area contributed by atoms with E-state index in [9.17, 15) is 14.9 Å². The van der Waals surface area contributed by atoms with Gasteiger partial charge in [-0.25, -0.2) is 0 Å². The first-order chi connectivity index (χ1) is 16.5. The fourth-order valence-corrected chi connectivity index (χ4v) is 4.43. The largest absolute Gasteiger partial charge is 0.342 e. The number of nitro groups is 1. The highest BCUT2D eigenvalue weighted by Crippen LogP contribution is 2.42. The van der Waals surface area contributed by atoms with E-state index in [-0.39, 0.29) is 11.6 Å². The van der Waals surface area contributed by atoms with Crippen LogP contribution in [0.1, 0.15) is 33.2 Å². The third-order valence-corrected chi connectivity index (χ3v) is 6.11. The van der Waals surface area contributed by atoms with Gasteiger partial charge in [-0.3, -0.25) is 19.8 Å². The van der Waals surface area contributed by atoms with Crippen LogP contribution in [0.4, 0.5) is 17.1 Å². The number of anilines is 2. The van der Waals surface area contributed by atoms with Crippen LogP contribution in [-0.2, 0) is 6.54 Å². The molecule has 4 aromatic rings. The minimum atomic E-state index is -0.480. The summed E-state index contributed by atoms with van der Waals surface area (Å²) < 4.78 is 0. The molecule has 168 valence electrons. The smallest absolute Gasteiger partial charge is 0.269 e. The minimum absolute atomic E-state index is 0.0165. The van der Waals surface area contributed by atoms with Crippen LogP contribution >= 0.6 is 0 Å². The lowest BCUT2D eigenvalue weighted by Gasteiger charge is -2.46. The molecule has 0 radical (unpaired) electrons. The summed E-state index contributed by atoms with van der Waals surface area (Å²) in [5, 5.41) is 11.3. The Bertz CT molecular complexity index is 1340. The molecule has 0 bridgehead atoms. The predicted molar refractivity (Wildman–Crippen MR) is 133 cm³/mol. The molecule has 1 atom stereocenters. The van der Waals surface area contributed by atoms with Gasteiger partial charge in [-0.15, -0.1) is 0 Å². The number of non-ortho nitro benzene ring substituents is 1. The maximum Gasteiger partial charge on any atom is 0.269 e. The first kappa shape index (κ1) is 21.4. The second kappa shape index (κ2) is 8.83. The summed E-state index contributed by atoms with van der Waals surface area (Å²) >= 11 is 0. The molecule has 4 aromatic carbocycles. The lowest BCUT2D eigenvalue weighted by Crippen LogP contribution is -2.49. The first-order valence-corrected chi connectivity index (χ1v) is 11.1. The van der Waals surface area contributed by atoms with E-state index in [1.807, 2.05) is 73.7 Å². The van der Waals surface area contributed by atoms with Gasteiger partial charge in [-0.05, 0) is 54.4 Å². The molecule has 1 aliphatic heterocycles. The number of rotatable bonds is 5. The van der Waals surface area contributed by atoms with E-state index in [1.165, 1.54) is 12.1 Å². The number of nitrogens with zero attached hydrogens (tertiary/aromatic N) is 3. The molecule has 0 fully saturated rings. The van der Waals surface area contributed by atoms with Crippen LogP contribution in [0.3, 0.4) is 0 Å². The van der Waals surface area contributed by atoms with Crippen LogP contribution in [0.2, 0.25) is 0 Å². The van der Waals surface area contributed by atoms with E-state index in [4.69, 9.17) is 0 Å². The second-order valence-corrected chi connectivity index (χ2v) is 8.36. The number of hydrogen-bond donors (Lipinski definition) is 0. The molecular weight excluding hydrogens is 426 g/mol. The Morgan fingerprint density at radius 3 is 2.15 bits per heavy atom. The van der Waals surface area contributed by atoms with E-state index in [1.54, 1.807) is 17.0 Å². The van der Waals surface area contributed by atoms with Crippen molar-refractivity contribution in [2.75, 3.05) is 9.80 Å². The van der Waals surface area contributed by atoms with Crippen molar-refractivity contribution in [3.05, 3.63) is 135 Å². The molecular formula is C28H23N3O3. The monoisotopic (exact) mass is 449 g/mol. The van der Waals surface area contributed by atoms with E-state index >= 15 is 0 Å². The number of para-hydroxylation sites is 1. The van der Waals surface area contributed by atoms with Gasteiger partial charge in [0.05, 0.1) is 16.2 Å². The molecule has 5 rings (SSSR count). The molecule has 0 unspecified atom stereocenters. The van der Waals surface area contributed by atoms with Gasteiger partial charge in [0.2, 0.25) is 0 Å². The Hall–Kier alpha value is -4.45. The van der Waals surface area contributed by atoms with Crippen LogP contribution in [0, 0.1) is 17.0 Å². The minimum Gasteiger partial charge on any atom is -0.342 e. The van der Waals surface area contributed by atoms with E-state index in [0.29, 0.717) is 12.1 Å². The average molecular weight is 450 g/mol. The molecule has 0 saturated carbocycles. The lowest BCUT2D eigenvalue weighted by atomic mass is 9.98. The van der Waals surface area contributed by atoms with E-state index < -0.39 is 11.1 Å². The van der Waals surface area contributed by atoms with Gasteiger partial charge in [0.1, 0.15) is 6.17 Å². The normalized spacial score (nSPS) is 15.2. The Balaban J connectivity index is 1.71. The van der Waals surface area contributed by atoms with Crippen molar-refractivity contribution in [1.29, 1.82) is 0 Å². The van der Waals surface area contributed by atoms with Crippen LogP contribution in [-0.4, -0.2) is 10.8 Å². The number of amides is 1. The van der Waals surface area contributed by atoms with Crippen LogP contribution < -0.4 is 9.80 Å². The number of carbonyl (C=O) groups is 1. The number of nitro benzene ring substituents is 1. The van der Waals surface area contributed by atoms with Crippen LogP contribution in [0.25, 0.3) is 0 Å². The van der Waals surface area contributed by atoms with Gasteiger partial charge in [0, 0.05) is 24.4 Å². The Morgan fingerprint density at radius 1 is 0.824 bits per heavy atom. The first-order valence-electron chi connectivity index (χ1n) is 11.1. The lowest BCUT2D eigenvalue weighted by molar-refractivity contribution is -0.384. The molecule has 0 aliphatic carbocycles. The summed E-state index contributed by atoms with van der Waals surface area (Å²) in [6.45, 7) is 2.57. The molecule has 0 saturated heterocycles. The summed E-state index contributed by atoms with van der Waals surface area (Å²) in [7, 11) is 0. The number of fused-ring (bicyclic) bond motifs is 1. The number of aryl methyl sites for hydroxylation is 1. The molecule has 6 heteroatoms. The maximum atomic E-state index is 13.9. The van der Waals surface area contributed by atoms with Crippen molar-refractivity contribution >= 4 is 23.0 Å². The second-order valence-electron chi connectivity index (χ2n) is 8.36. The zero-order valence-corrected chi connectivity index (χ0v) is 18.7. The number of benzene rings is 4. The van der Waals surface area contributed by atoms with Crippen molar-refractivity contribution in [2.24, 2.45) is 0 Å². The van der Waals surface area contributed by atoms with E-state index in [2.05, 4.69) is 17.0 Å². The van der Waals surface area contributed by atoms with Crippen molar-refractivity contribution in [3.63, 3.8) is 0 Å². The number of hydrogen-bond acceptors (Lipinski definition) is 4. The molecule has 34 heavy (non-hydrogen) atoms. The van der Waals surface area contributed by atoms with Gasteiger partial charge in [0.15, 0.2) is 0 Å². The highest BCUT2D eigenvalue weighted by molar-refractivity contribution is 6.12. The zero-order chi connectivity index (χ0) is 23.7. The SMILES string of the molecule is Cc1ccc(N2C(=O)c3ccccc3N(Cc3ccccc3)[C@H]2c2ccc([N+](=O)[O-])cc2)cc1. The van der Waals surface area contributed by atoms with Crippen molar-refractivity contribution < 1.29 is 9.72 Å². The van der Waals surface area contributed by atoms with Gasteiger partial charge in [-0.2, -0.15) is 0 Å². The van der Waals surface area contributed by atoms with Crippen molar-refractivity contribution in [1.82, 2.24) is 0 Å². The standard InChI is InChI=1S/C28H23N3O3/c1-20-11-15-23(16-12-20)30-27(22-13-17-24(18-14-22)31(33)34)29(19-21-7-3-2-4-8-21)26-10-6-5-9-25(26)28(30)32/h2-18,27H,19H2,1H3/t27-/m1/s1. The Morgan fingerprint density at radius 2 is 1.47 bits per heavy atom. The van der Waals surface area contributed by atoms with E-state index in [0.717, 1.165) is 28.1 Å². The van der Waals surface area contributed by atoms with Gasteiger partial charge in [-0.1, -0.05) is 60.2 Å². The highest BCUT2D eigenvalue weighted by atomic mass is 16.6. The highest BCUT2D eigenvalue weighted by Gasteiger charge is 2.39. The van der Waals surface area contributed by atoms with Crippen molar-refractivity contribution in [2.45, 2.75) is 19.6 Å². The Kier molecular flexibility index (Phi) is 5.55. The molecule has 0 aromatic heterocycles. The molecule has 1 amide bonds. The fraction of sp³-hybridized carbons (Fsp3) is 0.107. The summed E-state index contributed by atoms with van der Waals surface area (Å²) in [5.41, 5.74) is 5.24. The molecule has 1 heterocycles. The molecule has 6 nitrogen and oxygen atoms in total. The third kappa shape index (κ3) is 3.90. The van der Waals surface area contributed by atoms with Gasteiger partial charge < -0.3 is 4.90 Å². The summed E-state index contributed by atoms with van der Waals surface area (Å²) in [4.78, 5) is 28.7. The Labute approximate surface area is 197 Å². The van der Waals surface area contributed by atoms with Gasteiger partial charge in [0.25, 0.3) is 11.6 Å². The summed E-state index contributed by atoms with van der Waals surface area (Å²) in [6.07, 6.45) is -0.480. The van der Waals surface area contributed by atoms with Crippen molar-refractivity contribution in [3.8, 4) is 0 Å². The topological polar surface area (TPSA) is 66.7 Å². The molecule has 1 aliphatic rings. The third-order valence-electron chi connectivity index (χ3n) is 6.11. The van der Waals surface area contributed by atoms with Crippen LogP contribution in [0.5, 0.6) is 0 Å². The number of carbonyl (C=O) groups excluding carboxylic acids is 1. The maximum absolute atomic E-state index is 13.9. The quantitative estimate of drug-likeness (QED) is 0.266.